The molecular formula is C18H17NO6S. The van der Waals surface area contributed by atoms with Crippen molar-refractivity contribution in [2.75, 3.05) is 18.4 Å². The second-order valence-electron chi connectivity index (χ2n) is 5.61. The van der Waals surface area contributed by atoms with Crippen molar-refractivity contribution in [3.05, 3.63) is 53.6 Å². The van der Waals surface area contributed by atoms with Crippen molar-refractivity contribution in [2.24, 2.45) is 0 Å². The molecule has 0 saturated heterocycles. The van der Waals surface area contributed by atoms with Gasteiger partial charge in [-0.2, -0.15) is 0 Å². The van der Waals surface area contributed by atoms with E-state index in [-0.39, 0.29) is 10.6 Å². The first kappa shape index (κ1) is 17.8. The molecule has 2 N–H and O–H groups in total. The van der Waals surface area contributed by atoms with Crippen LogP contribution in [0.2, 0.25) is 0 Å². The molecule has 1 aliphatic rings. The molecule has 1 aliphatic heterocycles. The summed E-state index contributed by atoms with van der Waals surface area (Å²) in [5.41, 5.74) is 1.79. The van der Waals surface area contributed by atoms with Crippen molar-refractivity contribution in [3.8, 4) is 11.5 Å². The smallest absolute Gasteiger partial charge is 0.328 e. The molecule has 0 bridgehead atoms. The zero-order valence-electron chi connectivity index (χ0n) is 13.9. The predicted octanol–water partition coefficient (Wildman–Crippen LogP) is 2.53. The third-order valence-electron chi connectivity index (χ3n) is 3.84. The number of benzene rings is 2. The quantitative estimate of drug-likeness (QED) is 0.753. The fourth-order valence-corrected chi connectivity index (χ4v) is 3.89. The Bertz CT molecular complexity index is 981. The highest BCUT2D eigenvalue weighted by Gasteiger charge is 2.21. The van der Waals surface area contributed by atoms with Crippen LogP contribution >= 0.6 is 0 Å². The van der Waals surface area contributed by atoms with Crippen LogP contribution in [0.1, 0.15) is 11.1 Å². The fourth-order valence-electron chi connectivity index (χ4n) is 2.63. The van der Waals surface area contributed by atoms with E-state index in [1.807, 2.05) is 0 Å². The Morgan fingerprint density at radius 1 is 1.27 bits per heavy atom. The summed E-state index contributed by atoms with van der Waals surface area (Å²) in [5, 5.41) is 8.72. The third kappa shape index (κ3) is 3.80. The number of ether oxygens (including phenoxy) is 2. The minimum Gasteiger partial charge on any atom is -0.495 e. The second kappa shape index (κ2) is 7.09. The molecule has 1 heterocycles. The number of hydrogen-bond donors (Lipinski definition) is 2. The van der Waals surface area contributed by atoms with Crippen LogP contribution in [-0.2, 0) is 21.2 Å². The van der Waals surface area contributed by atoms with E-state index < -0.39 is 16.0 Å². The van der Waals surface area contributed by atoms with Gasteiger partial charge in [0, 0.05) is 18.2 Å². The Labute approximate surface area is 150 Å². The van der Waals surface area contributed by atoms with Crippen molar-refractivity contribution in [3.63, 3.8) is 0 Å². The van der Waals surface area contributed by atoms with Gasteiger partial charge in [-0.3, -0.25) is 4.72 Å². The molecule has 0 amide bonds. The number of carbonyl (C=O) groups is 1. The second-order valence-corrected chi connectivity index (χ2v) is 7.26. The molecule has 3 rings (SSSR count). The van der Waals surface area contributed by atoms with Gasteiger partial charge in [-0.15, -0.1) is 0 Å². The van der Waals surface area contributed by atoms with Gasteiger partial charge in [0.1, 0.15) is 16.4 Å². The Morgan fingerprint density at radius 2 is 2.08 bits per heavy atom. The Kier molecular flexibility index (Phi) is 4.85. The van der Waals surface area contributed by atoms with Gasteiger partial charge >= 0.3 is 5.97 Å². The number of nitrogens with one attached hydrogen (secondary N) is 1. The number of hydrogen-bond acceptors (Lipinski definition) is 5. The fraction of sp³-hybridized carbons (Fsp3) is 0.167. The molecule has 0 radical (unpaired) electrons. The van der Waals surface area contributed by atoms with Crippen LogP contribution < -0.4 is 14.2 Å². The highest BCUT2D eigenvalue weighted by atomic mass is 32.2. The Balaban J connectivity index is 1.94. The van der Waals surface area contributed by atoms with Crippen LogP contribution in [0, 0.1) is 0 Å². The first-order valence-electron chi connectivity index (χ1n) is 7.76. The Morgan fingerprint density at radius 3 is 2.81 bits per heavy atom. The summed E-state index contributed by atoms with van der Waals surface area (Å²) in [4.78, 5) is 10.6. The lowest BCUT2D eigenvalue weighted by Gasteiger charge is -2.13. The van der Waals surface area contributed by atoms with Gasteiger partial charge in [-0.25, -0.2) is 13.2 Å². The topological polar surface area (TPSA) is 102 Å². The van der Waals surface area contributed by atoms with Gasteiger partial charge in [0.25, 0.3) is 10.0 Å². The van der Waals surface area contributed by atoms with Crippen molar-refractivity contribution in [1.29, 1.82) is 0 Å². The number of sulfonamides is 1. The lowest BCUT2D eigenvalue weighted by atomic mass is 10.1. The number of methoxy groups -OCH3 is 1. The Hall–Kier alpha value is -3.00. The molecule has 0 atom stereocenters. The summed E-state index contributed by atoms with van der Waals surface area (Å²) in [5.74, 6) is -0.204. The molecule has 8 heteroatoms. The standard InChI is InChI=1S/C18H17NO6S/c1-24-16-5-2-12(3-7-18(20)21)10-17(16)26(22,23)19-14-4-6-15-13(11-14)8-9-25-15/h2-7,10-11,19H,8-9H2,1H3,(H,20,21)/b7-3-. The summed E-state index contributed by atoms with van der Waals surface area (Å²) in [6.45, 7) is 0.581. The average Bonchev–Trinajstić information content (AvgIpc) is 3.07. The maximum Gasteiger partial charge on any atom is 0.328 e. The first-order valence-corrected chi connectivity index (χ1v) is 9.25. The van der Waals surface area contributed by atoms with Crippen LogP contribution in [0.15, 0.2) is 47.4 Å². The van der Waals surface area contributed by atoms with E-state index >= 15 is 0 Å². The number of fused-ring (bicyclic) bond motifs is 1. The van der Waals surface area contributed by atoms with Crippen LogP contribution in [0.25, 0.3) is 6.08 Å². The SMILES string of the molecule is COc1ccc(/C=C\C(=O)O)cc1S(=O)(=O)Nc1ccc2c(c1)CCO2. The summed E-state index contributed by atoms with van der Waals surface area (Å²) in [7, 11) is -2.56. The molecule has 2 aromatic carbocycles. The van der Waals surface area contributed by atoms with Gasteiger partial charge in [0.05, 0.1) is 13.7 Å². The van der Waals surface area contributed by atoms with Crippen LogP contribution in [0.4, 0.5) is 5.69 Å². The van der Waals surface area contributed by atoms with E-state index in [0.717, 1.165) is 23.8 Å². The highest BCUT2D eigenvalue weighted by molar-refractivity contribution is 7.92. The molecule has 0 aromatic heterocycles. The maximum absolute atomic E-state index is 12.8. The van der Waals surface area contributed by atoms with Gasteiger partial charge in [-0.1, -0.05) is 6.07 Å². The molecule has 0 fully saturated rings. The zero-order valence-corrected chi connectivity index (χ0v) is 14.7. The van der Waals surface area contributed by atoms with E-state index in [1.165, 1.54) is 25.3 Å². The highest BCUT2D eigenvalue weighted by Crippen LogP contribution is 2.31. The lowest BCUT2D eigenvalue weighted by molar-refractivity contribution is -0.131. The van der Waals surface area contributed by atoms with E-state index in [4.69, 9.17) is 14.6 Å². The molecule has 0 saturated carbocycles. The van der Waals surface area contributed by atoms with Crippen molar-refractivity contribution in [2.45, 2.75) is 11.3 Å². The summed E-state index contributed by atoms with van der Waals surface area (Å²) in [6, 6.07) is 9.50. The number of carboxylic acid groups (broad SMARTS) is 1. The number of rotatable bonds is 6. The molecule has 0 aliphatic carbocycles. The predicted molar refractivity (Wildman–Crippen MR) is 96.1 cm³/mol. The normalized spacial score (nSPS) is 13.3. The molecule has 136 valence electrons. The number of anilines is 1. The van der Waals surface area contributed by atoms with Gasteiger partial charge < -0.3 is 14.6 Å². The largest absolute Gasteiger partial charge is 0.495 e. The van der Waals surface area contributed by atoms with Gasteiger partial charge in [0.2, 0.25) is 0 Å². The van der Waals surface area contributed by atoms with E-state index in [1.54, 1.807) is 24.3 Å². The minimum atomic E-state index is -3.93. The molecule has 26 heavy (non-hydrogen) atoms. The summed E-state index contributed by atoms with van der Waals surface area (Å²) in [6.07, 6.45) is 2.98. The van der Waals surface area contributed by atoms with Crippen LogP contribution in [0.3, 0.4) is 0 Å². The molecule has 0 unspecified atom stereocenters. The van der Waals surface area contributed by atoms with Gasteiger partial charge in [-0.05, 0) is 47.5 Å². The molecular weight excluding hydrogens is 358 g/mol. The van der Waals surface area contributed by atoms with E-state index in [9.17, 15) is 13.2 Å². The summed E-state index contributed by atoms with van der Waals surface area (Å²) >= 11 is 0. The minimum absolute atomic E-state index is 0.0794. The monoisotopic (exact) mass is 375 g/mol. The molecule has 7 nitrogen and oxygen atoms in total. The van der Waals surface area contributed by atoms with Crippen molar-refractivity contribution >= 4 is 27.8 Å². The van der Waals surface area contributed by atoms with Crippen molar-refractivity contribution in [1.82, 2.24) is 0 Å². The zero-order chi connectivity index (χ0) is 18.7. The first-order chi connectivity index (χ1) is 12.4. The average molecular weight is 375 g/mol. The maximum atomic E-state index is 12.8. The molecule has 2 aromatic rings. The third-order valence-corrected chi connectivity index (χ3v) is 5.24. The van der Waals surface area contributed by atoms with Crippen LogP contribution in [-0.4, -0.2) is 33.2 Å². The summed E-state index contributed by atoms with van der Waals surface area (Å²) < 4.78 is 38.7. The molecule has 0 spiro atoms. The van der Waals surface area contributed by atoms with E-state index in [2.05, 4.69) is 4.72 Å². The number of carboxylic acids is 1. The van der Waals surface area contributed by atoms with E-state index in [0.29, 0.717) is 17.9 Å². The van der Waals surface area contributed by atoms with Gasteiger partial charge in [0.15, 0.2) is 0 Å². The number of aliphatic carboxylic acids is 1. The lowest BCUT2D eigenvalue weighted by Crippen LogP contribution is -2.14. The van der Waals surface area contributed by atoms with Crippen LogP contribution in [0.5, 0.6) is 11.5 Å². The van der Waals surface area contributed by atoms with Crippen molar-refractivity contribution < 1.29 is 27.8 Å².